The molecule has 2 aromatic rings. The van der Waals surface area contributed by atoms with Crippen LogP contribution in [0.1, 0.15) is 25.1 Å². The Hall–Kier alpha value is -2.03. The predicted octanol–water partition coefficient (Wildman–Crippen LogP) is 3.00. The van der Waals surface area contributed by atoms with Crippen LogP contribution in [0.5, 0.6) is 0 Å². The first-order valence-electron chi connectivity index (χ1n) is 8.40. The number of anilines is 2. The zero-order valence-corrected chi connectivity index (χ0v) is 16.9. The summed E-state index contributed by atoms with van der Waals surface area (Å²) in [6.45, 7) is 5.37. The molecule has 0 saturated carbocycles. The molecule has 1 aromatic heterocycles. The van der Waals surface area contributed by atoms with Gasteiger partial charge < -0.3 is 15.4 Å². The van der Waals surface area contributed by atoms with Crippen molar-refractivity contribution in [3.63, 3.8) is 0 Å². The monoisotopic (exact) mass is 392 g/mol. The molecule has 0 atom stereocenters. The fraction of sp³-hybridized carbons (Fsp3) is 0.389. The van der Waals surface area contributed by atoms with Gasteiger partial charge in [-0.25, -0.2) is 4.98 Å². The number of thiocarbonyl (C=S) groups is 1. The van der Waals surface area contributed by atoms with Crippen LogP contribution < -0.4 is 15.5 Å². The number of carbonyl (C=O) groups excluding carboxylic acids is 1. The SMILES string of the molecule is CCc1ccccc1N(C(C)=O)c1nc(CNC(=S)NCCOC)cs1. The van der Waals surface area contributed by atoms with Gasteiger partial charge in [0.1, 0.15) is 0 Å². The van der Waals surface area contributed by atoms with Gasteiger partial charge in [0.05, 0.1) is 24.5 Å². The molecule has 1 heterocycles. The highest BCUT2D eigenvalue weighted by atomic mass is 32.1. The number of thiazole rings is 1. The molecule has 2 N–H and O–H groups in total. The Morgan fingerprint density at radius 3 is 2.81 bits per heavy atom. The minimum atomic E-state index is -0.0588. The van der Waals surface area contributed by atoms with E-state index >= 15 is 0 Å². The van der Waals surface area contributed by atoms with Gasteiger partial charge in [0, 0.05) is 26.0 Å². The van der Waals surface area contributed by atoms with E-state index in [9.17, 15) is 4.79 Å². The third kappa shape index (κ3) is 5.48. The quantitative estimate of drug-likeness (QED) is 0.532. The molecule has 2 rings (SSSR count). The molecule has 6 nitrogen and oxygen atoms in total. The fourth-order valence-corrected chi connectivity index (χ4v) is 3.47. The summed E-state index contributed by atoms with van der Waals surface area (Å²) in [6.07, 6.45) is 0.848. The summed E-state index contributed by atoms with van der Waals surface area (Å²) in [6, 6.07) is 7.90. The van der Waals surface area contributed by atoms with Gasteiger partial charge in [-0.2, -0.15) is 0 Å². The third-order valence-electron chi connectivity index (χ3n) is 3.68. The number of hydrogen-bond donors (Lipinski definition) is 2. The standard InChI is InChI=1S/C18H24N4O2S2/c1-4-14-7-5-6-8-16(14)22(13(2)23)18-21-15(12-26-18)11-20-17(25)19-9-10-24-3/h5-8,12H,4,9-11H2,1-3H3,(H2,19,20,25). The average Bonchev–Trinajstić information content (AvgIpc) is 3.09. The van der Waals surface area contributed by atoms with Gasteiger partial charge in [0.25, 0.3) is 0 Å². The lowest BCUT2D eigenvalue weighted by Gasteiger charge is -2.21. The van der Waals surface area contributed by atoms with Crippen LogP contribution in [0.2, 0.25) is 0 Å². The number of carbonyl (C=O) groups is 1. The first kappa shape index (κ1) is 20.3. The molecule has 0 aliphatic heterocycles. The Kier molecular flexibility index (Phi) is 7.96. The molecule has 0 aliphatic carbocycles. The van der Waals surface area contributed by atoms with E-state index in [1.807, 2.05) is 29.6 Å². The first-order valence-corrected chi connectivity index (χ1v) is 9.69. The molecular weight excluding hydrogens is 368 g/mol. The number of ether oxygens (including phenoxy) is 1. The van der Waals surface area contributed by atoms with Crippen molar-refractivity contribution < 1.29 is 9.53 Å². The molecule has 0 spiro atoms. The van der Waals surface area contributed by atoms with E-state index in [2.05, 4.69) is 22.5 Å². The summed E-state index contributed by atoms with van der Waals surface area (Å²) >= 11 is 6.65. The molecule has 1 aromatic carbocycles. The number of methoxy groups -OCH3 is 1. The average molecular weight is 393 g/mol. The van der Waals surface area contributed by atoms with Crippen LogP contribution in [0.15, 0.2) is 29.6 Å². The van der Waals surface area contributed by atoms with Crippen molar-refractivity contribution in [2.24, 2.45) is 0 Å². The summed E-state index contributed by atoms with van der Waals surface area (Å²) in [5, 5.41) is 9.30. The van der Waals surface area contributed by atoms with Crippen LogP contribution in [-0.4, -0.2) is 36.3 Å². The van der Waals surface area contributed by atoms with Crippen molar-refractivity contribution in [2.75, 3.05) is 25.2 Å². The van der Waals surface area contributed by atoms with Gasteiger partial charge in [0.2, 0.25) is 5.91 Å². The predicted molar refractivity (Wildman–Crippen MR) is 110 cm³/mol. The van der Waals surface area contributed by atoms with Crippen molar-refractivity contribution in [1.82, 2.24) is 15.6 Å². The maximum atomic E-state index is 12.3. The lowest BCUT2D eigenvalue weighted by Crippen LogP contribution is -2.36. The highest BCUT2D eigenvalue weighted by molar-refractivity contribution is 7.80. The first-order chi connectivity index (χ1) is 12.6. The van der Waals surface area contributed by atoms with Crippen molar-refractivity contribution in [3.05, 3.63) is 40.9 Å². The maximum Gasteiger partial charge on any atom is 0.230 e. The lowest BCUT2D eigenvalue weighted by molar-refractivity contribution is -0.115. The molecule has 0 unspecified atom stereocenters. The van der Waals surface area contributed by atoms with Crippen molar-refractivity contribution in [3.8, 4) is 0 Å². The number of nitrogens with zero attached hydrogens (tertiary/aromatic N) is 2. The van der Waals surface area contributed by atoms with Crippen molar-refractivity contribution in [2.45, 2.75) is 26.8 Å². The number of aryl methyl sites for hydroxylation is 1. The Morgan fingerprint density at radius 1 is 1.35 bits per heavy atom. The number of benzene rings is 1. The highest BCUT2D eigenvalue weighted by Gasteiger charge is 2.20. The summed E-state index contributed by atoms with van der Waals surface area (Å²) in [5.74, 6) is -0.0588. The number of amides is 1. The molecule has 0 aliphatic rings. The molecule has 1 amide bonds. The summed E-state index contributed by atoms with van der Waals surface area (Å²) in [7, 11) is 1.65. The molecule has 0 saturated heterocycles. The van der Waals surface area contributed by atoms with Crippen LogP contribution >= 0.6 is 23.6 Å². The number of nitrogens with one attached hydrogen (secondary N) is 2. The van der Waals surface area contributed by atoms with Gasteiger partial charge in [0.15, 0.2) is 10.2 Å². The van der Waals surface area contributed by atoms with Gasteiger partial charge in [-0.05, 0) is 30.3 Å². The van der Waals surface area contributed by atoms with Gasteiger partial charge in [-0.1, -0.05) is 25.1 Å². The molecular formula is C18H24N4O2S2. The van der Waals surface area contributed by atoms with Crippen LogP contribution in [0, 0.1) is 0 Å². The molecule has 8 heteroatoms. The Balaban J connectivity index is 2.08. The van der Waals surface area contributed by atoms with E-state index < -0.39 is 0 Å². The fourth-order valence-electron chi connectivity index (χ4n) is 2.42. The van der Waals surface area contributed by atoms with Crippen molar-refractivity contribution >= 4 is 45.4 Å². The summed E-state index contributed by atoms with van der Waals surface area (Å²) < 4.78 is 4.97. The smallest absolute Gasteiger partial charge is 0.230 e. The van der Waals surface area contributed by atoms with Crippen LogP contribution in [0.25, 0.3) is 0 Å². The van der Waals surface area contributed by atoms with E-state index in [1.165, 1.54) is 11.3 Å². The maximum absolute atomic E-state index is 12.3. The van der Waals surface area contributed by atoms with Gasteiger partial charge in [-0.3, -0.25) is 9.69 Å². The lowest BCUT2D eigenvalue weighted by atomic mass is 10.1. The summed E-state index contributed by atoms with van der Waals surface area (Å²) in [4.78, 5) is 18.5. The Morgan fingerprint density at radius 2 is 2.12 bits per heavy atom. The summed E-state index contributed by atoms with van der Waals surface area (Å²) in [5.41, 5.74) is 2.83. The Bertz CT molecular complexity index is 748. The van der Waals surface area contributed by atoms with E-state index in [4.69, 9.17) is 17.0 Å². The van der Waals surface area contributed by atoms with Crippen LogP contribution in [0.3, 0.4) is 0 Å². The second kappa shape index (κ2) is 10.2. The third-order valence-corrected chi connectivity index (χ3v) is 4.84. The van der Waals surface area contributed by atoms with Crippen LogP contribution in [0.4, 0.5) is 10.8 Å². The Labute approximate surface area is 163 Å². The van der Waals surface area contributed by atoms with Gasteiger partial charge in [-0.15, -0.1) is 11.3 Å². The number of para-hydroxylation sites is 1. The van der Waals surface area contributed by atoms with E-state index in [-0.39, 0.29) is 5.91 Å². The van der Waals surface area contributed by atoms with E-state index in [1.54, 1.807) is 18.9 Å². The van der Waals surface area contributed by atoms with Gasteiger partial charge >= 0.3 is 0 Å². The zero-order valence-electron chi connectivity index (χ0n) is 15.2. The molecule has 26 heavy (non-hydrogen) atoms. The van der Waals surface area contributed by atoms with Crippen LogP contribution in [-0.2, 0) is 22.5 Å². The minimum absolute atomic E-state index is 0.0588. The second-order valence-corrected chi connectivity index (χ2v) is 6.81. The second-order valence-electron chi connectivity index (χ2n) is 5.56. The molecule has 0 fully saturated rings. The molecule has 0 radical (unpaired) electrons. The number of aromatic nitrogens is 1. The highest BCUT2D eigenvalue weighted by Crippen LogP contribution is 2.31. The van der Waals surface area contributed by atoms with E-state index in [0.29, 0.717) is 29.9 Å². The van der Waals surface area contributed by atoms with Crippen molar-refractivity contribution in [1.29, 1.82) is 0 Å². The molecule has 140 valence electrons. The topological polar surface area (TPSA) is 66.5 Å². The largest absolute Gasteiger partial charge is 0.383 e. The number of hydrogen-bond acceptors (Lipinski definition) is 5. The minimum Gasteiger partial charge on any atom is -0.383 e. The zero-order chi connectivity index (χ0) is 18.9. The van der Waals surface area contributed by atoms with E-state index in [0.717, 1.165) is 23.4 Å². The normalized spacial score (nSPS) is 10.4. The number of rotatable bonds is 8. The molecule has 0 bridgehead atoms.